The maximum Gasteiger partial charge on any atom is 0.340 e. The summed E-state index contributed by atoms with van der Waals surface area (Å²) in [5, 5.41) is 7.60. The number of imide groups is 1. The molecule has 0 aliphatic rings. The number of hydrogen-bond acceptors (Lipinski definition) is 7. The van der Waals surface area contributed by atoms with E-state index < -0.39 is 24.5 Å². The Balaban J connectivity index is 1.46. The van der Waals surface area contributed by atoms with E-state index in [1.165, 1.54) is 6.26 Å². The summed E-state index contributed by atoms with van der Waals surface area (Å²) in [4.78, 5) is 35.8. The van der Waals surface area contributed by atoms with Crippen LogP contribution in [0.2, 0.25) is 0 Å². The number of rotatable bonds is 8. The van der Waals surface area contributed by atoms with E-state index in [1.807, 2.05) is 0 Å². The summed E-state index contributed by atoms with van der Waals surface area (Å²) in [6.45, 7) is -0.0895. The van der Waals surface area contributed by atoms with Crippen molar-refractivity contribution < 1.29 is 28.0 Å². The molecule has 0 aliphatic carbocycles. The van der Waals surface area contributed by atoms with Crippen molar-refractivity contribution in [2.75, 3.05) is 11.9 Å². The Morgan fingerprint density at radius 1 is 0.862 bits per heavy atom. The van der Waals surface area contributed by atoms with Crippen LogP contribution in [0.4, 0.5) is 10.5 Å². The molecule has 29 heavy (non-hydrogen) atoms. The van der Waals surface area contributed by atoms with Crippen molar-refractivity contribution >= 4 is 23.6 Å². The van der Waals surface area contributed by atoms with Crippen LogP contribution in [0.3, 0.4) is 0 Å². The lowest BCUT2D eigenvalue weighted by Crippen LogP contribution is -2.41. The third kappa shape index (κ3) is 5.99. The van der Waals surface area contributed by atoms with Gasteiger partial charge in [0.1, 0.15) is 11.5 Å². The summed E-state index contributed by atoms with van der Waals surface area (Å²) < 4.78 is 15.3. The summed E-state index contributed by atoms with van der Waals surface area (Å²) in [7, 11) is 0. The molecule has 0 fully saturated rings. The zero-order chi connectivity index (χ0) is 20.5. The van der Waals surface area contributed by atoms with Gasteiger partial charge in [-0.05, 0) is 36.4 Å². The highest BCUT2D eigenvalue weighted by molar-refractivity contribution is 5.99. The molecule has 9 nitrogen and oxygen atoms in total. The number of furan rings is 2. The molecule has 2 aromatic heterocycles. The number of hydrogen-bond donors (Lipinski definition) is 3. The van der Waals surface area contributed by atoms with Gasteiger partial charge >= 0.3 is 12.0 Å². The van der Waals surface area contributed by atoms with E-state index in [-0.39, 0.29) is 12.1 Å². The minimum absolute atomic E-state index is 0.126. The Labute approximate surface area is 166 Å². The van der Waals surface area contributed by atoms with Crippen LogP contribution in [-0.4, -0.2) is 24.5 Å². The summed E-state index contributed by atoms with van der Waals surface area (Å²) in [6, 6.07) is 12.9. The molecule has 0 saturated heterocycles. The first kappa shape index (κ1) is 19.7. The van der Waals surface area contributed by atoms with E-state index in [9.17, 15) is 14.4 Å². The van der Waals surface area contributed by atoms with E-state index in [0.29, 0.717) is 23.8 Å². The van der Waals surface area contributed by atoms with E-state index in [4.69, 9.17) is 13.6 Å². The molecule has 0 atom stereocenters. The Hall–Kier alpha value is -4.01. The molecule has 0 spiro atoms. The lowest BCUT2D eigenvalue weighted by molar-refractivity contribution is -0.123. The Morgan fingerprint density at radius 3 is 2.24 bits per heavy atom. The lowest BCUT2D eigenvalue weighted by Gasteiger charge is -2.11. The summed E-state index contributed by atoms with van der Waals surface area (Å²) in [6.07, 6.45) is 3.03. The van der Waals surface area contributed by atoms with Gasteiger partial charge in [-0.15, -0.1) is 0 Å². The number of urea groups is 1. The molecule has 0 bridgehead atoms. The molecule has 3 aromatic rings. The van der Waals surface area contributed by atoms with Crippen LogP contribution in [-0.2, 0) is 22.6 Å². The number of carbonyl (C=O) groups is 3. The minimum Gasteiger partial charge on any atom is -0.467 e. The first-order chi connectivity index (χ1) is 14.1. The van der Waals surface area contributed by atoms with Crippen molar-refractivity contribution in [1.82, 2.24) is 10.6 Å². The Kier molecular flexibility index (Phi) is 6.66. The van der Waals surface area contributed by atoms with Crippen LogP contribution in [0.1, 0.15) is 21.9 Å². The zero-order valence-electron chi connectivity index (χ0n) is 15.3. The molecule has 0 aliphatic heterocycles. The Morgan fingerprint density at radius 2 is 1.55 bits per heavy atom. The summed E-state index contributed by atoms with van der Waals surface area (Å²) in [5.74, 6) is -0.208. The standard InChI is InChI=1S/C20H19N3O6/c24-18(23-20(26)22-12-15-6-4-10-28-15)13-29-19(25)16-7-1-2-8-17(16)21-11-14-5-3-9-27-14/h1-10,21H,11-13H2,(H2,22,23,24,26). The average Bonchev–Trinajstić information content (AvgIpc) is 3.43. The fraction of sp³-hybridized carbons (Fsp3) is 0.150. The van der Waals surface area contributed by atoms with Gasteiger partial charge in [0.15, 0.2) is 6.61 Å². The highest BCUT2D eigenvalue weighted by Gasteiger charge is 2.15. The smallest absolute Gasteiger partial charge is 0.340 e. The van der Waals surface area contributed by atoms with Crippen molar-refractivity contribution in [2.24, 2.45) is 0 Å². The second-order valence-electron chi connectivity index (χ2n) is 5.86. The van der Waals surface area contributed by atoms with Crippen LogP contribution in [0.15, 0.2) is 69.9 Å². The third-order valence-corrected chi connectivity index (χ3v) is 3.77. The van der Waals surface area contributed by atoms with Crippen molar-refractivity contribution in [2.45, 2.75) is 13.1 Å². The van der Waals surface area contributed by atoms with Crippen molar-refractivity contribution in [3.8, 4) is 0 Å². The molecule has 3 rings (SSSR count). The quantitative estimate of drug-likeness (QED) is 0.499. The maximum absolute atomic E-state index is 12.3. The third-order valence-electron chi connectivity index (χ3n) is 3.77. The molecule has 3 amide bonds. The van der Waals surface area contributed by atoms with Crippen LogP contribution in [0.25, 0.3) is 0 Å². The molecule has 2 heterocycles. The average molecular weight is 397 g/mol. The van der Waals surface area contributed by atoms with E-state index in [2.05, 4.69) is 16.0 Å². The highest BCUT2D eigenvalue weighted by Crippen LogP contribution is 2.17. The van der Waals surface area contributed by atoms with Crippen molar-refractivity contribution in [3.63, 3.8) is 0 Å². The van der Waals surface area contributed by atoms with Gasteiger partial charge in [-0.1, -0.05) is 12.1 Å². The first-order valence-electron chi connectivity index (χ1n) is 8.74. The second-order valence-corrected chi connectivity index (χ2v) is 5.86. The fourth-order valence-corrected chi connectivity index (χ4v) is 2.41. The fourth-order valence-electron chi connectivity index (χ4n) is 2.41. The topological polar surface area (TPSA) is 123 Å². The highest BCUT2D eigenvalue weighted by atomic mass is 16.5. The predicted molar refractivity (Wildman–Crippen MR) is 102 cm³/mol. The van der Waals surface area contributed by atoms with Gasteiger partial charge in [-0.25, -0.2) is 9.59 Å². The van der Waals surface area contributed by atoms with Gasteiger partial charge < -0.3 is 24.2 Å². The van der Waals surface area contributed by atoms with Crippen molar-refractivity contribution in [3.05, 3.63) is 78.1 Å². The molecule has 9 heteroatoms. The van der Waals surface area contributed by atoms with Gasteiger partial charge in [0, 0.05) is 5.69 Å². The number of ether oxygens (including phenoxy) is 1. The van der Waals surface area contributed by atoms with Gasteiger partial charge in [-0.2, -0.15) is 0 Å². The van der Waals surface area contributed by atoms with Gasteiger partial charge in [0.25, 0.3) is 5.91 Å². The Bertz CT molecular complexity index is 951. The van der Waals surface area contributed by atoms with Crippen LogP contribution < -0.4 is 16.0 Å². The second kappa shape index (κ2) is 9.79. The first-order valence-corrected chi connectivity index (χ1v) is 8.74. The zero-order valence-corrected chi connectivity index (χ0v) is 15.3. The molecule has 0 radical (unpaired) electrons. The van der Waals surface area contributed by atoms with Crippen LogP contribution in [0.5, 0.6) is 0 Å². The molecular formula is C20H19N3O6. The summed E-state index contributed by atoms with van der Waals surface area (Å²) in [5.41, 5.74) is 0.791. The SMILES string of the molecule is O=C(COC(=O)c1ccccc1NCc1ccco1)NC(=O)NCc1ccco1. The number of benzene rings is 1. The molecular weight excluding hydrogens is 378 g/mol. The number of para-hydroxylation sites is 1. The van der Waals surface area contributed by atoms with Gasteiger partial charge in [0.05, 0.1) is 31.2 Å². The molecule has 3 N–H and O–H groups in total. The normalized spacial score (nSPS) is 10.2. The predicted octanol–water partition coefficient (Wildman–Crippen LogP) is 2.67. The van der Waals surface area contributed by atoms with Gasteiger partial charge in [-0.3, -0.25) is 10.1 Å². The monoisotopic (exact) mass is 397 g/mol. The molecule has 0 unspecified atom stereocenters. The van der Waals surface area contributed by atoms with E-state index in [1.54, 1.807) is 54.8 Å². The number of esters is 1. The van der Waals surface area contributed by atoms with Crippen LogP contribution >= 0.6 is 0 Å². The maximum atomic E-state index is 12.3. The largest absolute Gasteiger partial charge is 0.467 e. The van der Waals surface area contributed by atoms with Crippen LogP contribution in [0, 0.1) is 0 Å². The minimum atomic E-state index is -0.753. The molecule has 0 saturated carbocycles. The van der Waals surface area contributed by atoms with E-state index in [0.717, 1.165) is 0 Å². The lowest BCUT2D eigenvalue weighted by atomic mass is 10.2. The number of nitrogens with one attached hydrogen (secondary N) is 3. The van der Waals surface area contributed by atoms with Gasteiger partial charge in [0.2, 0.25) is 0 Å². The van der Waals surface area contributed by atoms with Crippen molar-refractivity contribution in [1.29, 1.82) is 0 Å². The summed E-state index contributed by atoms with van der Waals surface area (Å²) >= 11 is 0. The number of anilines is 1. The molecule has 150 valence electrons. The van der Waals surface area contributed by atoms with E-state index >= 15 is 0 Å². The molecule has 1 aromatic carbocycles. The number of amides is 3. The number of carbonyl (C=O) groups excluding carboxylic acids is 3.